The maximum atomic E-state index is 12.4. The van der Waals surface area contributed by atoms with Gasteiger partial charge in [0.05, 0.1) is 6.42 Å². The molecule has 0 saturated heterocycles. The number of nitrogens with one attached hydrogen (secondary N) is 1. The van der Waals surface area contributed by atoms with E-state index in [1.165, 1.54) is 6.42 Å². The lowest BCUT2D eigenvalue weighted by atomic mass is 9.78. The Labute approximate surface area is 168 Å². The summed E-state index contributed by atoms with van der Waals surface area (Å²) in [5.74, 6) is 1.20. The lowest BCUT2D eigenvalue weighted by Crippen LogP contribution is -2.47. The van der Waals surface area contributed by atoms with Crippen molar-refractivity contribution in [3.63, 3.8) is 0 Å². The summed E-state index contributed by atoms with van der Waals surface area (Å²) in [4.78, 5) is 28.7. The van der Waals surface area contributed by atoms with Crippen molar-refractivity contribution in [1.29, 1.82) is 0 Å². The minimum absolute atomic E-state index is 0.0831. The number of hydrogen-bond donors (Lipinski definition) is 1. The van der Waals surface area contributed by atoms with Gasteiger partial charge in [0.15, 0.2) is 6.10 Å². The van der Waals surface area contributed by atoms with Crippen LogP contribution in [0.3, 0.4) is 0 Å². The number of thiophene rings is 1. The second-order valence-electron chi connectivity index (χ2n) is 7.54. The van der Waals surface area contributed by atoms with Crippen molar-refractivity contribution in [3.05, 3.63) is 22.7 Å². The van der Waals surface area contributed by atoms with Gasteiger partial charge in [-0.05, 0) is 36.6 Å². The third-order valence-corrected chi connectivity index (χ3v) is 6.19. The fourth-order valence-corrected chi connectivity index (χ4v) is 4.10. The van der Waals surface area contributed by atoms with Gasteiger partial charge >= 0.3 is 5.97 Å². The van der Waals surface area contributed by atoms with Gasteiger partial charge in [-0.1, -0.05) is 31.8 Å². The second kappa shape index (κ2) is 9.32. The van der Waals surface area contributed by atoms with E-state index in [1.54, 1.807) is 18.3 Å². The van der Waals surface area contributed by atoms with Crippen LogP contribution in [0.4, 0.5) is 0 Å². The van der Waals surface area contributed by atoms with Crippen molar-refractivity contribution >= 4 is 23.2 Å². The summed E-state index contributed by atoms with van der Waals surface area (Å²) in [6.45, 7) is 5.99. The Morgan fingerprint density at radius 2 is 2.21 bits per heavy atom. The second-order valence-corrected chi connectivity index (χ2v) is 8.32. The van der Waals surface area contributed by atoms with Gasteiger partial charge in [-0.25, -0.2) is 0 Å². The predicted octanol–water partition coefficient (Wildman–Crippen LogP) is 3.60. The molecule has 0 aliphatic heterocycles. The molecule has 0 unspecified atom stereocenters. The van der Waals surface area contributed by atoms with Gasteiger partial charge in [0.1, 0.15) is 0 Å². The molecular formula is C20H27N3O4S. The Kier molecular flexibility index (Phi) is 6.83. The van der Waals surface area contributed by atoms with E-state index in [9.17, 15) is 9.59 Å². The van der Waals surface area contributed by atoms with Crippen LogP contribution < -0.4 is 5.32 Å². The molecule has 0 spiro atoms. The zero-order chi connectivity index (χ0) is 20.1. The van der Waals surface area contributed by atoms with Crippen molar-refractivity contribution in [2.24, 2.45) is 11.8 Å². The SMILES string of the molecule is C[C@@H]1[C@@H](C)CCC[C@H]1NC(=O)[C@H](C)OC(=O)CCc1nc(-c2ccsc2)no1. The number of carbonyl (C=O) groups is 2. The molecule has 152 valence electrons. The largest absolute Gasteiger partial charge is 0.453 e. The van der Waals surface area contributed by atoms with E-state index in [-0.39, 0.29) is 24.8 Å². The van der Waals surface area contributed by atoms with Gasteiger partial charge in [0, 0.05) is 23.4 Å². The summed E-state index contributed by atoms with van der Waals surface area (Å²) in [5, 5.41) is 10.8. The smallest absolute Gasteiger partial charge is 0.307 e. The predicted molar refractivity (Wildman–Crippen MR) is 106 cm³/mol. The van der Waals surface area contributed by atoms with Crippen molar-refractivity contribution in [2.45, 2.75) is 65.0 Å². The first-order valence-corrected chi connectivity index (χ1v) is 10.7. The summed E-state index contributed by atoms with van der Waals surface area (Å²) in [5.41, 5.74) is 0.888. The van der Waals surface area contributed by atoms with E-state index < -0.39 is 12.1 Å². The number of aromatic nitrogens is 2. The summed E-state index contributed by atoms with van der Waals surface area (Å²) in [6, 6.07) is 2.05. The monoisotopic (exact) mass is 405 g/mol. The fourth-order valence-electron chi connectivity index (χ4n) is 3.47. The molecule has 28 heavy (non-hydrogen) atoms. The molecule has 4 atom stereocenters. The average molecular weight is 406 g/mol. The molecule has 2 aromatic heterocycles. The van der Waals surface area contributed by atoms with E-state index in [1.807, 2.05) is 16.8 Å². The van der Waals surface area contributed by atoms with Crippen LogP contribution in [0.25, 0.3) is 11.4 Å². The first kappa shape index (κ1) is 20.5. The van der Waals surface area contributed by atoms with E-state index in [0.717, 1.165) is 18.4 Å². The third-order valence-electron chi connectivity index (χ3n) is 5.50. The lowest BCUT2D eigenvalue weighted by molar-refractivity contribution is -0.155. The molecule has 1 aliphatic rings. The standard InChI is InChI=1S/C20H27N3O4S/c1-12-5-4-6-16(13(12)2)21-20(25)14(3)26-18(24)8-7-17-22-19(23-27-17)15-9-10-28-11-15/h9-14,16H,4-8H2,1-3H3,(H,21,25)/t12-,13+,14-,16+/m0/s1. The van der Waals surface area contributed by atoms with Crippen LogP contribution in [0.15, 0.2) is 21.3 Å². The molecule has 1 fully saturated rings. The third kappa shape index (κ3) is 5.19. The maximum absolute atomic E-state index is 12.4. The van der Waals surface area contributed by atoms with E-state index in [2.05, 4.69) is 29.3 Å². The Balaban J connectivity index is 1.43. The van der Waals surface area contributed by atoms with Gasteiger partial charge in [-0.15, -0.1) is 0 Å². The molecular weight excluding hydrogens is 378 g/mol. The van der Waals surface area contributed by atoms with Crippen molar-refractivity contribution in [3.8, 4) is 11.4 Å². The molecule has 7 nitrogen and oxygen atoms in total. The first-order valence-electron chi connectivity index (χ1n) is 9.79. The van der Waals surface area contributed by atoms with Gasteiger partial charge in [-0.2, -0.15) is 16.3 Å². The Bertz CT molecular complexity index is 789. The molecule has 0 bridgehead atoms. The highest BCUT2D eigenvalue weighted by Crippen LogP contribution is 2.29. The number of ether oxygens (including phenoxy) is 1. The number of esters is 1. The Hall–Kier alpha value is -2.22. The Morgan fingerprint density at radius 1 is 1.39 bits per heavy atom. The zero-order valence-electron chi connectivity index (χ0n) is 16.5. The highest BCUT2D eigenvalue weighted by atomic mass is 32.1. The Morgan fingerprint density at radius 3 is 2.96 bits per heavy atom. The van der Waals surface area contributed by atoms with Crippen LogP contribution in [0.5, 0.6) is 0 Å². The number of carbonyl (C=O) groups excluding carboxylic acids is 2. The van der Waals surface area contributed by atoms with Crippen LogP contribution in [0.2, 0.25) is 0 Å². The summed E-state index contributed by atoms with van der Waals surface area (Å²) >= 11 is 1.55. The highest BCUT2D eigenvalue weighted by Gasteiger charge is 2.30. The highest BCUT2D eigenvalue weighted by molar-refractivity contribution is 7.08. The van der Waals surface area contributed by atoms with Crippen LogP contribution in [-0.2, 0) is 20.7 Å². The van der Waals surface area contributed by atoms with E-state index in [4.69, 9.17) is 9.26 Å². The molecule has 8 heteroatoms. The first-order chi connectivity index (χ1) is 13.4. The number of amides is 1. The summed E-state index contributed by atoms with van der Waals surface area (Å²) in [6.07, 6.45) is 2.83. The van der Waals surface area contributed by atoms with Gasteiger partial charge in [0.25, 0.3) is 5.91 Å². The van der Waals surface area contributed by atoms with E-state index in [0.29, 0.717) is 23.6 Å². The quantitative estimate of drug-likeness (QED) is 0.707. The molecule has 1 N–H and O–H groups in total. The van der Waals surface area contributed by atoms with Crippen molar-refractivity contribution < 1.29 is 18.8 Å². The zero-order valence-corrected chi connectivity index (χ0v) is 17.3. The minimum atomic E-state index is -0.819. The number of aryl methyl sites for hydroxylation is 1. The molecule has 2 heterocycles. The summed E-state index contributed by atoms with van der Waals surface area (Å²) < 4.78 is 10.4. The van der Waals surface area contributed by atoms with Crippen LogP contribution in [-0.4, -0.2) is 34.2 Å². The topological polar surface area (TPSA) is 94.3 Å². The lowest BCUT2D eigenvalue weighted by Gasteiger charge is -2.35. The van der Waals surface area contributed by atoms with Crippen LogP contribution in [0.1, 0.15) is 52.3 Å². The number of rotatable bonds is 7. The minimum Gasteiger partial charge on any atom is -0.453 e. The molecule has 0 aromatic carbocycles. The molecule has 0 radical (unpaired) electrons. The molecule has 2 aromatic rings. The maximum Gasteiger partial charge on any atom is 0.307 e. The molecule has 1 amide bonds. The molecule has 3 rings (SSSR count). The van der Waals surface area contributed by atoms with Gasteiger partial charge in [-0.3, -0.25) is 9.59 Å². The molecule has 1 aliphatic carbocycles. The number of hydrogen-bond acceptors (Lipinski definition) is 7. The normalized spacial score (nSPS) is 23.2. The van der Waals surface area contributed by atoms with E-state index >= 15 is 0 Å². The van der Waals surface area contributed by atoms with Crippen LogP contribution in [0, 0.1) is 11.8 Å². The van der Waals surface area contributed by atoms with Crippen molar-refractivity contribution in [1.82, 2.24) is 15.5 Å². The van der Waals surface area contributed by atoms with Crippen LogP contribution >= 0.6 is 11.3 Å². The van der Waals surface area contributed by atoms with Crippen molar-refractivity contribution in [2.75, 3.05) is 0 Å². The van der Waals surface area contributed by atoms with Gasteiger partial charge in [0.2, 0.25) is 11.7 Å². The van der Waals surface area contributed by atoms with Gasteiger partial charge < -0.3 is 14.6 Å². The average Bonchev–Trinajstić information content (AvgIpc) is 3.35. The number of nitrogens with zero attached hydrogens (tertiary/aromatic N) is 2. The summed E-state index contributed by atoms with van der Waals surface area (Å²) in [7, 11) is 0. The fraction of sp³-hybridized carbons (Fsp3) is 0.600. The molecule has 1 saturated carbocycles.